The lowest BCUT2D eigenvalue weighted by atomic mass is 10.3. The van der Waals surface area contributed by atoms with E-state index in [9.17, 15) is 13.2 Å². The molecule has 7 nitrogen and oxygen atoms in total. The van der Waals surface area contributed by atoms with E-state index in [1.165, 1.54) is 0 Å². The summed E-state index contributed by atoms with van der Waals surface area (Å²) < 4.78 is 25.2. The molecular formula is C17H27ClN4O3S. The Morgan fingerprint density at radius 3 is 2.50 bits per heavy atom. The highest BCUT2D eigenvalue weighted by molar-refractivity contribution is 7.92. The molecule has 0 bridgehead atoms. The third-order valence-electron chi connectivity index (χ3n) is 4.38. The Hall–Kier alpha value is -1.35. The van der Waals surface area contributed by atoms with Gasteiger partial charge in [0.1, 0.15) is 6.54 Å². The molecule has 146 valence electrons. The second kappa shape index (κ2) is 9.55. The zero-order chi connectivity index (χ0) is 19.2. The van der Waals surface area contributed by atoms with Crippen LogP contribution in [0.15, 0.2) is 24.3 Å². The van der Waals surface area contributed by atoms with Crippen LogP contribution in [0.3, 0.4) is 0 Å². The largest absolute Gasteiger partial charge is 0.354 e. The van der Waals surface area contributed by atoms with Crippen molar-refractivity contribution in [3.8, 4) is 0 Å². The lowest BCUT2D eigenvalue weighted by molar-refractivity contribution is -0.119. The third-order valence-corrected chi connectivity index (χ3v) is 5.82. The number of carbonyl (C=O) groups is 1. The van der Waals surface area contributed by atoms with E-state index in [4.69, 9.17) is 11.6 Å². The van der Waals surface area contributed by atoms with Crippen LogP contribution < -0.4 is 9.62 Å². The molecule has 0 radical (unpaired) electrons. The van der Waals surface area contributed by atoms with Crippen molar-refractivity contribution in [2.24, 2.45) is 0 Å². The van der Waals surface area contributed by atoms with Crippen molar-refractivity contribution >= 4 is 33.2 Å². The van der Waals surface area contributed by atoms with E-state index < -0.39 is 10.0 Å². The van der Waals surface area contributed by atoms with Gasteiger partial charge >= 0.3 is 0 Å². The molecule has 9 heteroatoms. The fourth-order valence-corrected chi connectivity index (χ4v) is 3.98. The maximum atomic E-state index is 12.2. The van der Waals surface area contributed by atoms with E-state index in [0.29, 0.717) is 17.3 Å². The number of anilines is 1. The molecule has 0 unspecified atom stereocenters. The molecule has 26 heavy (non-hydrogen) atoms. The molecule has 0 aromatic heterocycles. The van der Waals surface area contributed by atoms with Gasteiger partial charge in [-0.2, -0.15) is 0 Å². The number of nitrogens with one attached hydrogen (secondary N) is 1. The summed E-state index contributed by atoms with van der Waals surface area (Å²) in [6.07, 6.45) is 1.90. The Morgan fingerprint density at radius 1 is 1.23 bits per heavy atom. The van der Waals surface area contributed by atoms with Gasteiger partial charge in [0.2, 0.25) is 15.9 Å². The third kappa shape index (κ3) is 6.42. The van der Waals surface area contributed by atoms with Gasteiger partial charge in [-0.15, -0.1) is 0 Å². The van der Waals surface area contributed by atoms with Gasteiger partial charge in [0, 0.05) is 32.7 Å². The monoisotopic (exact) mass is 402 g/mol. The minimum Gasteiger partial charge on any atom is -0.354 e. The van der Waals surface area contributed by atoms with Gasteiger partial charge in [0.05, 0.1) is 17.0 Å². The molecule has 0 atom stereocenters. The number of hydrogen-bond donors (Lipinski definition) is 1. The summed E-state index contributed by atoms with van der Waals surface area (Å²) in [5.41, 5.74) is 0.309. The Bertz CT molecular complexity index is 706. The van der Waals surface area contributed by atoms with Crippen molar-refractivity contribution in [2.75, 3.05) is 63.4 Å². The summed E-state index contributed by atoms with van der Waals surface area (Å²) in [7, 11) is -1.50. The molecule has 1 fully saturated rings. The first-order chi connectivity index (χ1) is 12.3. The van der Waals surface area contributed by atoms with Crippen LogP contribution >= 0.6 is 11.6 Å². The number of amides is 1. The highest BCUT2D eigenvalue weighted by atomic mass is 35.5. The fourth-order valence-electron chi connectivity index (χ4n) is 2.82. The Balaban J connectivity index is 1.82. The number of likely N-dealkylation sites (N-methyl/N-ethyl adjacent to an activating group) is 1. The van der Waals surface area contributed by atoms with Crippen molar-refractivity contribution < 1.29 is 13.2 Å². The highest BCUT2D eigenvalue weighted by Gasteiger charge is 2.22. The first kappa shape index (κ1) is 21.0. The lowest BCUT2D eigenvalue weighted by Gasteiger charge is -2.32. The predicted molar refractivity (Wildman–Crippen MR) is 105 cm³/mol. The van der Waals surface area contributed by atoms with Gasteiger partial charge in [-0.3, -0.25) is 9.10 Å². The van der Waals surface area contributed by atoms with Crippen LogP contribution in [0.1, 0.15) is 6.42 Å². The molecule has 0 aliphatic carbocycles. The van der Waals surface area contributed by atoms with E-state index in [0.717, 1.165) is 49.7 Å². The minimum absolute atomic E-state index is 0.281. The maximum Gasteiger partial charge on any atom is 0.240 e. The van der Waals surface area contributed by atoms with Gasteiger partial charge < -0.3 is 15.1 Å². The number of piperazine rings is 1. The molecule has 1 amide bonds. The zero-order valence-electron chi connectivity index (χ0n) is 15.3. The van der Waals surface area contributed by atoms with E-state index >= 15 is 0 Å². The van der Waals surface area contributed by atoms with Gasteiger partial charge in [0.15, 0.2) is 0 Å². The number of benzene rings is 1. The normalized spacial score (nSPS) is 16.4. The summed E-state index contributed by atoms with van der Waals surface area (Å²) in [4.78, 5) is 16.9. The summed E-state index contributed by atoms with van der Waals surface area (Å²) in [5.74, 6) is -0.339. The summed E-state index contributed by atoms with van der Waals surface area (Å²) in [6.45, 7) is 5.37. The molecule has 2 rings (SSSR count). The van der Waals surface area contributed by atoms with Gasteiger partial charge in [-0.1, -0.05) is 23.7 Å². The van der Waals surface area contributed by atoms with Crippen LogP contribution in [0, 0.1) is 0 Å². The molecule has 1 aliphatic rings. The highest BCUT2D eigenvalue weighted by Crippen LogP contribution is 2.26. The van der Waals surface area contributed by atoms with Crippen LogP contribution in [-0.4, -0.2) is 83.2 Å². The Labute approximate surface area is 160 Å². The van der Waals surface area contributed by atoms with Crippen molar-refractivity contribution in [2.45, 2.75) is 6.42 Å². The number of hydrogen-bond acceptors (Lipinski definition) is 5. The van der Waals surface area contributed by atoms with Gasteiger partial charge in [-0.25, -0.2) is 8.42 Å². The van der Waals surface area contributed by atoms with E-state index in [2.05, 4.69) is 22.2 Å². The molecule has 0 spiro atoms. The number of para-hydroxylation sites is 1. The number of rotatable bonds is 8. The van der Waals surface area contributed by atoms with Crippen molar-refractivity contribution in [1.29, 1.82) is 0 Å². The van der Waals surface area contributed by atoms with Crippen LogP contribution in [0.2, 0.25) is 5.02 Å². The second-order valence-corrected chi connectivity index (χ2v) is 8.88. The molecule has 1 saturated heterocycles. The molecule has 1 aromatic carbocycles. The minimum atomic E-state index is -3.61. The SMILES string of the molecule is CN1CCN(CCCNC(=O)CN(c2ccccc2Cl)S(C)(=O)=O)CC1. The quantitative estimate of drug-likeness (QED) is 0.653. The first-order valence-electron chi connectivity index (χ1n) is 8.67. The molecule has 1 aromatic rings. The average Bonchev–Trinajstić information content (AvgIpc) is 2.58. The second-order valence-electron chi connectivity index (χ2n) is 6.57. The Kier molecular flexibility index (Phi) is 7.69. The topological polar surface area (TPSA) is 73.0 Å². The van der Waals surface area contributed by atoms with Crippen LogP contribution in [0.25, 0.3) is 0 Å². The number of nitrogens with zero attached hydrogens (tertiary/aromatic N) is 3. The van der Waals surface area contributed by atoms with Crippen molar-refractivity contribution in [3.05, 3.63) is 29.3 Å². The Morgan fingerprint density at radius 2 is 1.88 bits per heavy atom. The molecular weight excluding hydrogens is 376 g/mol. The summed E-state index contributed by atoms with van der Waals surface area (Å²) in [5, 5.41) is 3.09. The summed E-state index contributed by atoms with van der Waals surface area (Å²) >= 11 is 6.08. The van der Waals surface area contributed by atoms with E-state index in [1.54, 1.807) is 24.3 Å². The lowest BCUT2D eigenvalue weighted by Crippen LogP contribution is -2.45. The van der Waals surface area contributed by atoms with Crippen molar-refractivity contribution in [1.82, 2.24) is 15.1 Å². The predicted octanol–water partition coefficient (Wildman–Crippen LogP) is 0.860. The number of halogens is 1. The summed E-state index contributed by atoms with van der Waals surface area (Å²) in [6, 6.07) is 6.59. The van der Waals surface area contributed by atoms with Gasteiger partial charge in [-0.05, 0) is 32.1 Å². The fraction of sp³-hybridized carbons (Fsp3) is 0.588. The molecule has 1 aliphatic heterocycles. The van der Waals surface area contributed by atoms with Crippen LogP contribution in [0.4, 0.5) is 5.69 Å². The van der Waals surface area contributed by atoms with Crippen LogP contribution in [0.5, 0.6) is 0 Å². The maximum absolute atomic E-state index is 12.2. The number of carbonyl (C=O) groups excluding carboxylic acids is 1. The first-order valence-corrected chi connectivity index (χ1v) is 10.9. The molecule has 1 heterocycles. The van der Waals surface area contributed by atoms with Gasteiger partial charge in [0.25, 0.3) is 0 Å². The smallest absolute Gasteiger partial charge is 0.240 e. The van der Waals surface area contributed by atoms with E-state index in [-0.39, 0.29) is 12.5 Å². The standard InChI is InChI=1S/C17H27ClN4O3S/c1-20-10-12-21(13-11-20)9-5-8-19-17(23)14-22(26(2,24)25)16-7-4-3-6-15(16)18/h3-4,6-7H,5,8-14H2,1-2H3,(H,19,23). The molecule has 1 N–H and O–H groups in total. The van der Waals surface area contributed by atoms with E-state index in [1.807, 2.05) is 0 Å². The zero-order valence-corrected chi connectivity index (χ0v) is 16.9. The van der Waals surface area contributed by atoms with Crippen LogP contribution in [-0.2, 0) is 14.8 Å². The van der Waals surface area contributed by atoms with Crippen molar-refractivity contribution in [3.63, 3.8) is 0 Å². The average molecular weight is 403 g/mol. The molecule has 0 saturated carbocycles. The number of sulfonamides is 1.